The lowest BCUT2D eigenvalue weighted by molar-refractivity contribution is 0.266. The third-order valence-electron chi connectivity index (χ3n) is 2.59. The van der Waals surface area contributed by atoms with E-state index in [2.05, 4.69) is 28.2 Å². The van der Waals surface area contributed by atoms with Gasteiger partial charge in [0.25, 0.3) is 0 Å². The first-order valence-corrected chi connectivity index (χ1v) is 6.68. The number of benzene rings is 1. The number of aliphatic hydroxyl groups excluding tert-OH is 1. The highest BCUT2D eigenvalue weighted by atomic mass is 79.9. The number of halogens is 1. The van der Waals surface area contributed by atoms with Crippen LogP contribution < -0.4 is 5.32 Å². The Hall–Kier alpha value is -0.540. The molecule has 1 atom stereocenters. The number of aliphatic hydroxyl groups is 1. The molecule has 90 valence electrons. The molecule has 1 aromatic rings. The maximum Gasteiger partial charge on any atom is 0.0632 e. The Labute approximate surface area is 106 Å². The summed E-state index contributed by atoms with van der Waals surface area (Å²) in [6.45, 7) is 2.38. The van der Waals surface area contributed by atoms with Crippen LogP contribution in [0.1, 0.15) is 32.6 Å². The molecular weight excluding hydrogens is 266 g/mol. The minimum atomic E-state index is 0.174. The molecule has 0 heterocycles. The monoisotopic (exact) mass is 285 g/mol. The second-order valence-corrected chi connectivity index (χ2v) is 4.94. The maximum absolute atomic E-state index is 9.27. The van der Waals surface area contributed by atoms with Gasteiger partial charge in [-0.3, -0.25) is 0 Å². The van der Waals surface area contributed by atoms with Crippen molar-refractivity contribution in [3.8, 4) is 0 Å². The highest BCUT2D eigenvalue weighted by molar-refractivity contribution is 9.10. The Balaban J connectivity index is 2.40. The molecule has 3 heteroatoms. The molecule has 0 aliphatic carbocycles. The standard InChI is InChI=1S/C13H20BrNO/c1-2-3-4-5-13(10-16)15-12-8-6-11(14)7-9-12/h6-9,13,15-16H,2-5,10H2,1H3. The molecule has 0 bridgehead atoms. The number of anilines is 1. The first kappa shape index (κ1) is 13.5. The van der Waals surface area contributed by atoms with Crippen molar-refractivity contribution in [1.29, 1.82) is 0 Å². The number of unbranched alkanes of at least 4 members (excludes halogenated alkanes) is 2. The highest BCUT2D eigenvalue weighted by Crippen LogP contribution is 2.16. The van der Waals surface area contributed by atoms with E-state index >= 15 is 0 Å². The fourth-order valence-corrected chi connectivity index (χ4v) is 1.90. The van der Waals surface area contributed by atoms with Crippen molar-refractivity contribution >= 4 is 21.6 Å². The van der Waals surface area contributed by atoms with Gasteiger partial charge in [-0.2, -0.15) is 0 Å². The van der Waals surface area contributed by atoms with E-state index in [4.69, 9.17) is 0 Å². The molecule has 1 unspecified atom stereocenters. The van der Waals surface area contributed by atoms with Crippen LogP contribution in [-0.4, -0.2) is 17.8 Å². The van der Waals surface area contributed by atoms with Gasteiger partial charge < -0.3 is 10.4 Å². The summed E-state index contributed by atoms with van der Waals surface area (Å²) in [6, 6.07) is 8.22. The summed E-state index contributed by atoms with van der Waals surface area (Å²) < 4.78 is 1.07. The van der Waals surface area contributed by atoms with Gasteiger partial charge in [-0.1, -0.05) is 42.1 Å². The Kier molecular flexibility index (Phi) is 6.50. The van der Waals surface area contributed by atoms with Crippen molar-refractivity contribution in [2.45, 2.75) is 38.6 Å². The van der Waals surface area contributed by atoms with E-state index in [0.717, 1.165) is 16.6 Å². The first-order valence-electron chi connectivity index (χ1n) is 5.89. The van der Waals surface area contributed by atoms with Crippen molar-refractivity contribution in [3.63, 3.8) is 0 Å². The average molecular weight is 286 g/mol. The smallest absolute Gasteiger partial charge is 0.0632 e. The zero-order valence-electron chi connectivity index (χ0n) is 9.75. The van der Waals surface area contributed by atoms with Gasteiger partial charge in [0.2, 0.25) is 0 Å². The van der Waals surface area contributed by atoms with E-state index in [1.54, 1.807) is 0 Å². The third kappa shape index (κ3) is 4.99. The molecule has 1 aromatic carbocycles. The summed E-state index contributed by atoms with van der Waals surface area (Å²) in [7, 11) is 0. The van der Waals surface area contributed by atoms with E-state index in [-0.39, 0.29) is 12.6 Å². The van der Waals surface area contributed by atoms with Gasteiger partial charge in [0, 0.05) is 16.2 Å². The molecule has 2 nitrogen and oxygen atoms in total. The molecular formula is C13H20BrNO. The SMILES string of the molecule is CCCCCC(CO)Nc1ccc(Br)cc1. The van der Waals surface area contributed by atoms with Gasteiger partial charge in [-0.15, -0.1) is 0 Å². The van der Waals surface area contributed by atoms with Crippen molar-refractivity contribution < 1.29 is 5.11 Å². The zero-order valence-corrected chi connectivity index (χ0v) is 11.3. The van der Waals surface area contributed by atoms with E-state index < -0.39 is 0 Å². The summed E-state index contributed by atoms with van der Waals surface area (Å²) in [4.78, 5) is 0. The molecule has 0 saturated heterocycles. The van der Waals surface area contributed by atoms with Crippen LogP contribution in [-0.2, 0) is 0 Å². The largest absolute Gasteiger partial charge is 0.394 e. The summed E-state index contributed by atoms with van der Waals surface area (Å²) in [5, 5.41) is 12.6. The molecule has 0 radical (unpaired) electrons. The van der Waals surface area contributed by atoms with Gasteiger partial charge in [0.1, 0.15) is 0 Å². The topological polar surface area (TPSA) is 32.3 Å². The minimum Gasteiger partial charge on any atom is -0.394 e. The highest BCUT2D eigenvalue weighted by Gasteiger charge is 2.06. The van der Waals surface area contributed by atoms with Crippen LogP contribution in [0.15, 0.2) is 28.7 Å². The number of hydrogen-bond donors (Lipinski definition) is 2. The van der Waals surface area contributed by atoms with Crippen LogP contribution in [0.2, 0.25) is 0 Å². The molecule has 2 N–H and O–H groups in total. The molecule has 0 aromatic heterocycles. The van der Waals surface area contributed by atoms with Crippen molar-refractivity contribution in [2.24, 2.45) is 0 Å². The molecule has 0 spiro atoms. The molecule has 0 saturated carbocycles. The van der Waals surface area contributed by atoms with Crippen LogP contribution in [0.25, 0.3) is 0 Å². The van der Waals surface area contributed by atoms with Crippen LogP contribution in [0.5, 0.6) is 0 Å². The van der Waals surface area contributed by atoms with Gasteiger partial charge in [0.05, 0.1) is 6.61 Å². The van der Waals surface area contributed by atoms with Crippen molar-refractivity contribution in [3.05, 3.63) is 28.7 Å². The predicted molar refractivity (Wildman–Crippen MR) is 72.8 cm³/mol. The van der Waals surface area contributed by atoms with E-state index in [0.29, 0.717) is 0 Å². The Morgan fingerprint density at radius 3 is 2.50 bits per heavy atom. The lowest BCUT2D eigenvalue weighted by atomic mass is 10.1. The Bertz CT molecular complexity index is 286. The number of hydrogen-bond acceptors (Lipinski definition) is 2. The maximum atomic E-state index is 9.27. The molecule has 0 aliphatic heterocycles. The van der Waals surface area contributed by atoms with E-state index in [1.165, 1.54) is 19.3 Å². The molecule has 0 fully saturated rings. The average Bonchev–Trinajstić information content (AvgIpc) is 2.31. The molecule has 0 aliphatic rings. The lowest BCUT2D eigenvalue weighted by Crippen LogP contribution is -2.23. The van der Waals surface area contributed by atoms with E-state index in [9.17, 15) is 5.11 Å². The third-order valence-corrected chi connectivity index (χ3v) is 3.12. The Morgan fingerprint density at radius 2 is 1.94 bits per heavy atom. The predicted octanol–water partition coefficient (Wildman–Crippen LogP) is 3.80. The molecule has 0 amide bonds. The summed E-state index contributed by atoms with van der Waals surface area (Å²) in [6.07, 6.45) is 4.65. The molecule has 1 rings (SSSR count). The summed E-state index contributed by atoms with van der Waals surface area (Å²) >= 11 is 3.40. The Morgan fingerprint density at radius 1 is 1.25 bits per heavy atom. The number of nitrogens with one attached hydrogen (secondary N) is 1. The van der Waals surface area contributed by atoms with Crippen molar-refractivity contribution in [1.82, 2.24) is 0 Å². The quantitative estimate of drug-likeness (QED) is 0.747. The van der Waals surface area contributed by atoms with Gasteiger partial charge in [0.15, 0.2) is 0 Å². The first-order chi connectivity index (χ1) is 7.76. The van der Waals surface area contributed by atoms with Crippen LogP contribution in [0.4, 0.5) is 5.69 Å². The van der Waals surface area contributed by atoms with Gasteiger partial charge >= 0.3 is 0 Å². The summed E-state index contributed by atoms with van der Waals surface area (Å²) in [5.41, 5.74) is 1.07. The van der Waals surface area contributed by atoms with Gasteiger partial charge in [-0.05, 0) is 30.7 Å². The zero-order chi connectivity index (χ0) is 11.8. The van der Waals surface area contributed by atoms with E-state index in [1.807, 2.05) is 24.3 Å². The number of rotatable bonds is 7. The van der Waals surface area contributed by atoms with Crippen LogP contribution >= 0.6 is 15.9 Å². The minimum absolute atomic E-state index is 0.174. The lowest BCUT2D eigenvalue weighted by Gasteiger charge is -2.17. The van der Waals surface area contributed by atoms with Gasteiger partial charge in [-0.25, -0.2) is 0 Å². The molecule has 16 heavy (non-hydrogen) atoms. The summed E-state index contributed by atoms with van der Waals surface area (Å²) in [5.74, 6) is 0. The van der Waals surface area contributed by atoms with Crippen LogP contribution in [0, 0.1) is 0 Å². The fourth-order valence-electron chi connectivity index (χ4n) is 1.63. The van der Waals surface area contributed by atoms with Crippen LogP contribution in [0.3, 0.4) is 0 Å². The second kappa shape index (κ2) is 7.69. The normalized spacial score (nSPS) is 12.4. The fraction of sp³-hybridized carbons (Fsp3) is 0.538. The second-order valence-electron chi connectivity index (χ2n) is 4.03. The van der Waals surface area contributed by atoms with Crippen molar-refractivity contribution in [2.75, 3.05) is 11.9 Å².